The van der Waals surface area contributed by atoms with Gasteiger partial charge >= 0.3 is 0 Å². The lowest BCUT2D eigenvalue weighted by molar-refractivity contribution is 0.306. The molecule has 4 aromatic rings. The van der Waals surface area contributed by atoms with Crippen molar-refractivity contribution >= 4 is 21.8 Å². The molecule has 3 nitrogen and oxygen atoms in total. The summed E-state index contributed by atoms with van der Waals surface area (Å²) in [6, 6.07) is 24.0. The number of benzene rings is 3. The third kappa shape index (κ3) is 2.51. The number of nitrogens with one attached hydrogen (secondary N) is 1. The van der Waals surface area contributed by atoms with Gasteiger partial charge in [0.15, 0.2) is 0 Å². The van der Waals surface area contributed by atoms with Crippen molar-refractivity contribution in [1.82, 2.24) is 4.98 Å². The van der Waals surface area contributed by atoms with Crippen LogP contribution in [0.15, 0.2) is 66.7 Å². The molecule has 1 heterocycles. The standard InChI is InChI=1S/C20H14N2O/c21-12-15-6-8-17-18-9-7-16(11-20(18)22-19(17)10-15)23-13-14-4-2-1-3-5-14/h1-11,22H,13H2. The topological polar surface area (TPSA) is 48.8 Å². The lowest BCUT2D eigenvalue weighted by Crippen LogP contribution is -1.94. The molecule has 1 aromatic heterocycles. The molecular weight excluding hydrogens is 284 g/mol. The summed E-state index contributed by atoms with van der Waals surface area (Å²) in [6.45, 7) is 0.547. The monoisotopic (exact) mass is 298 g/mol. The molecule has 0 saturated carbocycles. The second-order valence-corrected chi connectivity index (χ2v) is 5.48. The molecule has 0 bridgehead atoms. The molecule has 3 heteroatoms. The number of hydrogen-bond donors (Lipinski definition) is 1. The van der Waals surface area contributed by atoms with E-state index in [2.05, 4.69) is 17.1 Å². The number of hydrogen-bond acceptors (Lipinski definition) is 2. The van der Waals surface area contributed by atoms with Crippen molar-refractivity contribution in [2.75, 3.05) is 0 Å². The Morgan fingerprint density at radius 3 is 2.39 bits per heavy atom. The van der Waals surface area contributed by atoms with Crippen LogP contribution >= 0.6 is 0 Å². The van der Waals surface area contributed by atoms with E-state index in [4.69, 9.17) is 10.00 Å². The van der Waals surface area contributed by atoms with E-state index in [1.54, 1.807) is 0 Å². The Balaban J connectivity index is 1.67. The highest BCUT2D eigenvalue weighted by molar-refractivity contribution is 6.07. The first-order valence-electron chi connectivity index (χ1n) is 7.46. The van der Waals surface area contributed by atoms with Gasteiger partial charge in [-0.25, -0.2) is 0 Å². The van der Waals surface area contributed by atoms with Crippen molar-refractivity contribution in [1.29, 1.82) is 5.26 Å². The third-order valence-corrected chi connectivity index (χ3v) is 3.95. The van der Waals surface area contributed by atoms with Crippen LogP contribution in [0.2, 0.25) is 0 Å². The molecule has 0 aliphatic heterocycles. The number of rotatable bonds is 3. The molecule has 0 fully saturated rings. The molecule has 4 rings (SSSR count). The highest BCUT2D eigenvalue weighted by atomic mass is 16.5. The van der Waals surface area contributed by atoms with E-state index in [0.29, 0.717) is 12.2 Å². The van der Waals surface area contributed by atoms with Crippen LogP contribution < -0.4 is 4.74 Å². The van der Waals surface area contributed by atoms with Crippen LogP contribution in [0.4, 0.5) is 0 Å². The minimum absolute atomic E-state index is 0.547. The maximum absolute atomic E-state index is 9.01. The van der Waals surface area contributed by atoms with Gasteiger partial charge in [-0.15, -0.1) is 0 Å². The van der Waals surface area contributed by atoms with Gasteiger partial charge in [-0.1, -0.05) is 36.4 Å². The van der Waals surface area contributed by atoms with Crippen molar-refractivity contribution in [2.24, 2.45) is 0 Å². The van der Waals surface area contributed by atoms with Crippen LogP contribution in [0.3, 0.4) is 0 Å². The zero-order valence-electron chi connectivity index (χ0n) is 12.4. The van der Waals surface area contributed by atoms with E-state index >= 15 is 0 Å². The summed E-state index contributed by atoms with van der Waals surface area (Å²) in [5.41, 5.74) is 3.78. The van der Waals surface area contributed by atoms with Crippen LogP contribution in [0.5, 0.6) is 5.75 Å². The Kier molecular flexibility index (Phi) is 3.21. The van der Waals surface area contributed by atoms with Crippen LogP contribution in [-0.4, -0.2) is 4.98 Å². The number of H-pyrrole nitrogens is 1. The molecule has 0 amide bonds. The van der Waals surface area contributed by atoms with Gasteiger partial charge in [0.2, 0.25) is 0 Å². The zero-order valence-corrected chi connectivity index (χ0v) is 12.4. The van der Waals surface area contributed by atoms with Crippen molar-refractivity contribution in [3.05, 3.63) is 77.9 Å². The van der Waals surface area contributed by atoms with E-state index in [-0.39, 0.29) is 0 Å². The number of nitrogens with zero attached hydrogens (tertiary/aromatic N) is 1. The van der Waals surface area contributed by atoms with Gasteiger partial charge in [-0.05, 0) is 29.8 Å². The molecular formula is C20H14N2O. The average molecular weight is 298 g/mol. The summed E-state index contributed by atoms with van der Waals surface area (Å²) in [5.74, 6) is 0.827. The minimum atomic E-state index is 0.547. The van der Waals surface area contributed by atoms with Gasteiger partial charge in [0.25, 0.3) is 0 Å². The molecule has 0 atom stereocenters. The Bertz CT molecular complexity index is 1030. The summed E-state index contributed by atoms with van der Waals surface area (Å²) in [5, 5.41) is 11.3. The van der Waals surface area contributed by atoms with E-state index in [0.717, 1.165) is 33.1 Å². The van der Waals surface area contributed by atoms with Crippen molar-refractivity contribution in [2.45, 2.75) is 6.61 Å². The Hall–Kier alpha value is -3.25. The summed E-state index contributed by atoms with van der Waals surface area (Å²) < 4.78 is 5.87. The fourth-order valence-electron chi connectivity index (χ4n) is 2.79. The number of nitriles is 1. The van der Waals surface area contributed by atoms with Crippen LogP contribution in [0.1, 0.15) is 11.1 Å². The van der Waals surface area contributed by atoms with Gasteiger partial charge in [-0.3, -0.25) is 0 Å². The summed E-state index contributed by atoms with van der Waals surface area (Å²) >= 11 is 0. The average Bonchev–Trinajstić information content (AvgIpc) is 2.97. The lowest BCUT2D eigenvalue weighted by atomic mass is 10.1. The highest BCUT2D eigenvalue weighted by Crippen LogP contribution is 2.29. The van der Waals surface area contributed by atoms with Crippen LogP contribution in [0.25, 0.3) is 21.8 Å². The van der Waals surface area contributed by atoms with Gasteiger partial charge in [-0.2, -0.15) is 5.26 Å². The van der Waals surface area contributed by atoms with E-state index < -0.39 is 0 Å². The Labute approximate surface area is 133 Å². The molecule has 0 radical (unpaired) electrons. The molecule has 0 aliphatic rings. The van der Waals surface area contributed by atoms with E-state index in [1.807, 2.05) is 60.7 Å². The van der Waals surface area contributed by atoms with Gasteiger partial charge in [0, 0.05) is 22.4 Å². The molecule has 0 unspecified atom stereocenters. The number of ether oxygens (including phenoxy) is 1. The second-order valence-electron chi connectivity index (χ2n) is 5.48. The maximum atomic E-state index is 9.01. The first-order valence-corrected chi connectivity index (χ1v) is 7.46. The molecule has 110 valence electrons. The largest absolute Gasteiger partial charge is 0.489 e. The fraction of sp³-hybridized carbons (Fsp3) is 0.0500. The lowest BCUT2D eigenvalue weighted by Gasteiger charge is -2.06. The Morgan fingerprint density at radius 1 is 0.870 bits per heavy atom. The number of aromatic amines is 1. The van der Waals surface area contributed by atoms with E-state index in [1.165, 1.54) is 0 Å². The van der Waals surface area contributed by atoms with Gasteiger partial charge in [0.1, 0.15) is 12.4 Å². The molecule has 3 aromatic carbocycles. The molecule has 0 saturated heterocycles. The quantitative estimate of drug-likeness (QED) is 0.592. The number of aromatic nitrogens is 1. The minimum Gasteiger partial charge on any atom is -0.489 e. The SMILES string of the molecule is N#Cc1ccc2c(c1)[nH]c1cc(OCc3ccccc3)ccc12. The Morgan fingerprint density at radius 2 is 1.61 bits per heavy atom. The normalized spacial score (nSPS) is 10.7. The van der Waals surface area contributed by atoms with E-state index in [9.17, 15) is 0 Å². The third-order valence-electron chi connectivity index (χ3n) is 3.95. The van der Waals surface area contributed by atoms with Crippen molar-refractivity contribution in [3.8, 4) is 11.8 Å². The van der Waals surface area contributed by atoms with Crippen LogP contribution in [0, 0.1) is 11.3 Å². The summed E-state index contributed by atoms with van der Waals surface area (Å²) in [7, 11) is 0. The summed E-state index contributed by atoms with van der Waals surface area (Å²) in [6.07, 6.45) is 0. The van der Waals surface area contributed by atoms with Crippen LogP contribution in [-0.2, 0) is 6.61 Å². The molecule has 1 N–H and O–H groups in total. The molecule has 0 spiro atoms. The van der Waals surface area contributed by atoms with Gasteiger partial charge in [0.05, 0.1) is 17.1 Å². The smallest absolute Gasteiger partial charge is 0.121 e. The zero-order chi connectivity index (χ0) is 15.6. The fourth-order valence-corrected chi connectivity index (χ4v) is 2.79. The molecule has 0 aliphatic carbocycles. The second kappa shape index (κ2) is 5.51. The predicted octanol–water partition coefficient (Wildman–Crippen LogP) is 4.77. The number of fused-ring (bicyclic) bond motifs is 3. The maximum Gasteiger partial charge on any atom is 0.121 e. The van der Waals surface area contributed by atoms with Gasteiger partial charge < -0.3 is 9.72 Å². The van der Waals surface area contributed by atoms with Crippen molar-refractivity contribution < 1.29 is 4.74 Å². The van der Waals surface area contributed by atoms with Crippen molar-refractivity contribution in [3.63, 3.8) is 0 Å². The predicted molar refractivity (Wildman–Crippen MR) is 91.3 cm³/mol. The molecule has 23 heavy (non-hydrogen) atoms. The summed E-state index contributed by atoms with van der Waals surface area (Å²) in [4.78, 5) is 3.36. The highest BCUT2D eigenvalue weighted by Gasteiger charge is 2.06. The first-order chi connectivity index (χ1) is 11.3. The first kappa shape index (κ1) is 13.4.